The van der Waals surface area contributed by atoms with E-state index in [1.807, 2.05) is 0 Å². The molecule has 0 bridgehead atoms. The molecular formula is C22H36N4O3. The zero-order valence-electron chi connectivity index (χ0n) is 18.2. The molecule has 0 amide bonds. The fraction of sp³-hybridized carbons (Fsp3) is 0.682. The molecule has 7 heteroatoms. The molecule has 3 rings (SSSR count). The van der Waals surface area contributed by atoms with Crippen LogP contribution in [0.15, 0.2) is 17.1 Å². The van der Waals surface area contributed by atoms with Crippen molar-refractivity contribution in [3.8, 4) is 11.5 Å². The van der Waals surface area contributed by atoms with Crippen LogP contribution < -0.4 is 14.8 Å². The van der Waals surface area contributed by atoms with Crippen molar-refractivity contribution in [1.82, 2.24) is 15.1 Å². The molecule has 1 saturated heterocycles. The maximum absolute atomic E-state index is 5.49. The second-order valence-corrected chi connectivity index (χ2v) is 7.54. The van der Waals surface area contributed by atoms with E-state index in [2.05, 4.69) is 34.2 Å². The van der Waals surface area contributed by atoms with Crippen molar-refractivity contribution >= 4 is 5.96 Å². The molecule has 0 aromatic heterocycles. The summed E-state index contributed by atoms with van der Waals surface area (Å²) in [4.78, 5) is 9.74. The van der Waals surface area contributed by atoms with Crippen LogP contribution in [0.25, 0.3) is 0 Å². The molecular weight excluding hydrogens is 368 g/mol. The van der Waals surface area contributed by atoms with E-state index in [1.165, 1.54) is 17.5 Å². The summed E-state index contributed by atoms with van der Waals surface area (Å²) in [5.74, 6) is 2.61. The van der Waals surface area contributed by atoms with E-state index in [0.717, 1.165) is 89.3 Å². The van der Waals surface area contributed by atoms with Gasteiger partial charge < -0.3 is 24.4 Å². The summed E-state index contributed by atoms with van der Waals surface area (Å²) in [5, 5.41) is 3.47. The number of benzene rings is 1. The number of hydrogen-bond acceptors (Lipinski definition) is 5. The molecule has 0 aliphatic carbocycles. The highest BCUT2D eigenvalue weighted by molar-refractivity contribution is 5.80. The quantitative estimate of drug-likeness (QED) is 0.407. The Morgan fingerprint density at radius 2 is 1.79 bits per heavy atom. The van der Waals surface area contributed by atoms with Crippen LogP contribution >= 0.6 is 0 Å². The van der Waals surface area contributed by atoms with Crippen LogP contribution in [-0.4, -0.2) is 82.5 Å². The first kappa shape index (κ1) is 21.7. The highest BCUT2D eigenvalue weighted by Gasteiger charge is 2.21. The van der Waals surface area contributed by atoms with Gasteiger partial charge in [-0.25, -0.2) is 0 Å². The first-order valence-electron chi connectivity index (χ1n) is 10.8. The third kappa shape index (κ3) is 6.00. The minimum absolute atomic E-state index is 0.790. The van der Waals surface area contributed by atoms with Gasteiger partial charge in [0.25, 0.3) is 0 Å². The van der Waals surface area contributed by atoms with Crippen LogP contribution in [0.1, 0.15) is 30.9 Å². The third-order valence-electron chi connectivity index (χ3n) is 5.60. The van der Waals surface area contributed by atoms with E-state index in [-0.39, 0.29) is 0 Å². The standard InChI is InChI=1S/C22H36N4O3/c1-4-23-22(24-8-5-6-9-25-11-13-29-14-12-25)26-10-7-18-15-20(27-2)21(28-3)16-19(18)17-26/h15-16H,4-14,17H2,1-3H3,(H,23,24). The Morgan fingerprint density at radius 1 is 1.07 bits per heavy atom. The molecule has 2 aliphatic rings. The van der Waals surface area contributed by atoms with E-state index < -0.39 is 0 Å². The van der Waals surface area contributed by atoms with Gasteiger partial charge in [0.1, 0.15) is 0 Å². The Hall–Kier alpha value is -1.99. The molecule has 2 heterocycles. The normalized spacial score (nSPS) is 17.8. The molecule has 1 fully saturated rings. The molecule has 2 aliphatic heterocycles. The molecule has 1 aromatic rings. The lowest BCUT2D eigenvalue weighted by Crippen LogP contribution is -2.44. The zero-order valence-corrected chi connectivity index (χ0v) is 18.2. The molecule has 0 atom stereocenters. The van der Waals surface area contributed by atoms with Crippen LogP contribution in [0.5, 0.6) is 11.5 Å². The lowest BCUT2D eigenvalue weighted by Gasteiger charge is -2.32. The minimum Gasteiger partial charge on any atom is -0.493 e. The Bertz CT molecular complexity index is 674. The van der Waals surface area contributed by atoms with Gasteiger partial charge in [-0.1, -0.05) is 0 Å². The number of rotatable bonds is 8. The lowest BCUT2D eigenvalue weighted by atomic mass is 9.99. The van der Waals surface area contributed by atoms with Gasteiger partial charge in [0.05, 0.1) is 27.4 Å². The number of hydrogen-bond donors (Lipinski definition) is 1. The summed E-state index contributed by atoms with van der Waals surface area (Å²) in [5.41, 5.74) is 2.62. The van der Waals surface area contributed by atoms with Crippen molar-refractivity contribution in [3.05, 3.63) is 23.3 Å². The number of aliphatic imine (C=N–C) groups is 1. The second-order valence-electron chi connectivity index (χ2n) is 7.54. The number of unbranched alkanes of at least 4 members (excludes halogenated alkanes) is 1. The van der Waals surface area contributed by atoms with Gasteiger partial charge in [0.2, 0.25) is 0 Å². The molecule has 1 aromatic carbocycles. The van der Waals surface area contributed by atoms with E-state index in [0.29, 0.717) is 0 Å². The van der Waals surface area contributed by atoms with Crippen LogP contribution in [0.4, 0.5) is 0 Å². The highest BCUT2D eigenvalue weighted by Crippen LogP contribution is 2.33. The molecule has 0 spiro atoms. The summed E-state index contributed by atoms with van der Waals surface area (Å²) >= 11 is 0. The fourth-order valence-electron chi connectivity index (χ4n) is 3.95. The van der Waals surface area contributed by atoms with E-state index in [9.17, 15) is 0 Å². The average molecular weight is 405 g/mol. The van der Waals surface area contributed by atoms with Crippen molar-refractivity contribution in [2.75, 3.05) is 66.7 Å². The predicted octanol–water partition coefficient (Wildman–Crippen LogP) is 2.14. The zero-order chi connectivity index (χ0) is 20.5. The Labute approximate surface area is 175 Å². The maximum atomic E-state index is 5.49. The summed E-state index contributed by atoms with van der Waals surface area (Å²) < 4.78 is 16.3. The van der Waals surface area contributed by atoms with E-state index in [4.69, 9.17) is 19.2 Å². The average Bonchev–Trinajstić information content (AvgIpc) is 2.77. The van der Waals surface area contributed by atoms with Crippen molar-refractivity contribution in [2.45, 2.75) is 32.7 Å². The molecule has 0 saturated carbocycles. The number of ether oxygens (including phenoxy) is 3. The molecule has 162 valence electrons. The van der Waals surface area contributed by atoms with Gasteiger partial charge in [0, 0.05) is 39.3 Å². The largest absolute Gasteiger partial charge is 0.493 e. The Kier molecular flexibility index (Phi) is 8.43. The van der Waals surface area contributed by atoms with Crippen LogP contribution in [-0.2, 0) is 17.7 Å². The Balaban J connectivity index is 1.55. The minimum atomic E-state index is 0.790. The first-order chi connectivity index (χ1) is 14.2. The van der Waals surface area contributed by atoms with E-state index >= 15 is 0 Å². The van der Waals surface area contributed by atoms with Gasteiger partial charge in [0.15, 0.2) is 17.5 Å². The summed E-state index contributed by atoms with van der Waals surface area (Å²) in [7, 11) is 3.38. The number of nitrogens with one attached hydrogen (secondary N) is 1. The van der Waals surface area contributed by atoms with Crippen molar-refractivity contribution in [3.63, 3.8) is 0 Å². The molecule has 29 heavy (non-hydrogen) atoms. The highest BCUT2D eigenvalue weighted by atomic mass is 16.5. The predicted molar refractivity (Wildman–Crippen MR) is 116 cm³/mol. The molecule has 0 radical (unpaired) electrons. The lowest BCUT2D eigenvalue weighted by molar-refractivity contribution is 0.0373. The molecule has 7 nitrogen and oxygen atoms in total. The number of methoxy groups -OCH3 is 2. The van der Waals surface area contributed by atoms with Crippen LogP contribution in [0, 0.1) is 0 Å². The van der Waals surface area contributed by atoms with Crippen molar-refractivity contribution < 1.29 is 14.2 Å². The number of guanidine groups is 1. The van der Waals surface area contributed by atoms with Gasteiger partial charge in [-0.15, -0.1) is 0 Å². The van der Waals surface area contributed by atoms with Gasteiger partial charge in [-0.05, 0) is 56.0 Å². The summed E-state index contributed by atoms with van der Waals surface area (Å²) in [6.07, 6.45) is 3.28. The number of fused-ring (bicyclic) bond motifs is 1. The fourth-order valence-corrected chi connectivity index (χ4v) is 3.95. The summed E-state index contributed by atoms with van der Waals surface area (Å²) in [6.45, 7) is 10.7. The Morgan fingerprint density at radius 3 is 2.48 bits per heavy atom. The number of morpholine rings is 1. The van der Waals surface area contributed by atoms with Crippen LogP contribution in [0.3, 0.4) is 0 Å². The SMILES string of the molecule is CCNC(=NCCCCN1CCOCC1)N1CCc2cc(OC)c(OC)cc2C1. The number of nitrogens with zero attached hydrogens (tertiary/aromatic N) is 3. The first-order valence-corrected chi connectivity index (χ1v) is 10.8. The monoisotopic (exact) mass is 404 g/mol. The van der Waals surface area contributed by atoms with Crippen LogP contribution in [0.2, 0.25) is 0 Å². The smallest absolute Gasteiger partial charge is 0.194 e. The van der Waals surface area contributed by atoms with Gasteiger partial charge in [-0.3, -0.25) is 9.89 Å². The van der Waals surface area contributed by atoms with E-state index in [1.54, 1.807) is 14.2 Å². The van der Waals surface area contributed by atoms with Crippen molar-refractivity contribution in [1.29, 1.82) is 0 Å². The van der Waals surface area contributed by atoms with Crippen molar-refractivity contribution in [2.24, 2.45) is 4.99 Å². The maximum Gasteiger partial charge on any atom is 0.194 e. The molecule has 1 N–H and O–H groups in total. The third-order valence-corrected chi connectivity index (χ3v) is 5.60. The summed E-state index contributed by atoms with van der Waals surface area (Å²) in [6, 6.07) is 4.22. The second kappa shape index (κ2) is 11.3. The van der Waals surface area contributed by atoms with Gasteiger partial charge in [-0.2, -0.15) is 0 Å². The topological polar surface area (TPSA) is 58.6 Å². The van der Waals surface area contributed by atoms with Gasteiger partial charge >= 0.3 is 0 Å². The molecule has 0 unspecified atom stereocenters.